The Labute approximate surface area is 113 Å². The zero-order valence-corrected chi connectivity index (χ0v) is 11.7. The van der Waals surface area contributed by atoms with Gasteiger partial charge in [0.25, 0.3) is 5.91 Å². The van der Waals surface area contributed by atoms with Crippen LogP contribution in [0.25, 0.3) is 10.9 Å². The molecule has 0 saturated heterocycles. The van der Waals surface area contributed by atoms with Crippen molar-refractivity contribution >= 4 is 16.8 Å². The number of H-pyrrole nitrogens is 1. The van der Waals surface area contributed by atoms with E-state index in [2.05, 4.69) is 15.2 Å². The minimum Gasteiger partial charge on any atom is -0.361 e. The van der Waals surface area contributed by atoms with Crippen LogP contribution in [0.2, 0.25) is 0 Å². The molecule has 1 aromatic heterocycles. The largest absolute Gasteiger partial charge is 0.361 e. The summed E-state index contributed by atoms with van der Waals surface area (Å²) in [4.78, 5) is 17.4. The molecule has 0 radical (unpaired) electrons. The summed E-state index contributed by atoms with van der Waals surface area (Å²) >= 11 is 0. The van der Waals surface area contributed by atoms with E-state index in [0.717, 1.165) is 23.9 Å². The third-order valence-electron chi connectivity index (χ3n) is 3.20. The maximum absolute atomic E-state index is 12.1. The lowest BCUT2D eigenvalue weighted by molar-refractivity contribution is 0.0937. The van der Waals surface area contributed by atoms with Crippen LogP contribution < -0.4 is 5.32 Å². The van der Waals surface area contributed by atoms with Gasteiger partial charge in [0.15, 0.2) is 0 Å². The number of hydrogen-bond donors (Lipinski definition) is 2. The summed E-state index contributed by atoms with van der Waals surface area (Å²) in [6, 6.07) is 7.86. The fraction of sp³-hybridized carbons (Fsp3) is 0.400. The molecule has 0 spiro atoms. The van der Waals surface area contributed by atoms with Gasteiger partial charge in [0, 0.05) is 28.7 Å². The Morgan fingerprint density at radius 1 is 1.37 bits per heavy atom. The van der Waals surface area contributed by atoms with Crippen LogP contribution in [0.15, 0.2) is 30.5 Å². The van der Waals surface area contributed by atoms with Crippen molar-refractivity contribution in [2.24, 2.45) is 0 Å². The van der Waals surface area contributed by atoms with E-state index in [1.165, 1.54) is 0 Å². The van der Waals surface area contributed by atoms with Crippen molar-refractivity contribution in [3.63, 3.8) is 0 Å². The van der Waals surface area contributed by atoms with Gasteiger partial charge in [-0.05, 0) is 58.3 Å². The number of nitrogens with zero attached hydrogens (tertiary/aromatic N) is 1. The second-order valence-electron chi connectivity index (χ2n) is 5.25. The van der Waals surface area contributed by atoms with E-state index in [-0.39, 0.29) is 11.9 Å². The van der Waals surface area contributed by atoms with Gasteiger partial charge in [-0.2, -0.15) is 0 Å². The molecule has 0 aliphatic rings. The van der Waals surface area contributed by atoms with Crippen molar-refractivity contribution in [2.75, 3.05) is 20.6 Å². The standard InChI is InChI=1S/C15H21N3O/c1-11(7-9-18(2)3)17-15(19)13-4-5-14-12(10-13)6-8-16-14/h4-6,8,10-11,16H,7,9H2,1-3H3,(H,17,19). The normalized spacial score (nSPS) is 12.8. The third kappa shape index (κ3) is 3.58. The Balaban J connectivity index is 1.98. The summed E-state index contributed by atoms with van der Waals surface area (Å²) in [6.07, 6.45) is 2.83. The van der Waals surface area contributed by atoms with E-state index in [4.69, 9.17) is 0 Å². The highest BCUT2D eigenvalue weighted by atomic mass is 16.1. The van der Waals surface area contributed by atoms with Crippen LogP contribution in [0.4, 0.5) is 0 Å². The van der Waals surface area contributed by atoms with Gasteiger partial charge in [0.2, 0.25) is 0 Å². The van der Waals surface area contributed by atoms with Crippen LogP contribution in [-0.4, -0.2) is 42.5 Å². The molecule has 1 unspecified atom stereocenters. The first-order valence-corrected chi connectivity index (χ1v) is 6.59. The third-order valence-corrected chi connectivity index (χ3v) is 3.20. The maximum Gasteiger partial charge on any atom is 0.251 e. The van der Waals surface area contributed by atoms with Crippen LogP contribution in [0.3, 0.4) is 0 Å². The van der Waals surface area contributed by atoms with Crippen molar-refractivity contribution in [3.8, 4) is 0 Å². The highest BCUT2D eigenvalue weighted by molar-refractivity contribution is 5.98. The summed E-state index contributed by atoms with van der Waals surface area (Å²) in [5.41, 5.74) is 1.76. The van der Waals surface area contributed by atoms with E-state index in [9.17, 15) is 4.79 Å². The molecule has 19 heavy (non-hydrogen) atoms. The van der Waals surface area contributed by atoms with E-state index < -0.39 is 0 Å². The summed E-state index contributed by atoms with van der Waals surface area (Å²) in [5, 5.41) is 4.10. The second-order valence-corrected chi connectivity index (χ2v) is 5.25. The molecule has 2 N–H and O–H groups in total. The lowest BCUT2D eigenvalue weighted by Crippen LogP contribution is -2.34. The van der Waals surface area contributed by atoms with Crippen molar-refractivity contribution in [1.29, 1.82) is 0 Å². The first-order chi connectivity index (χ1) is 9.06. The van der Waals surface area contributed by atoms with E-state index >= 15 is 0 Å². The van der Waals surface area contributed by atoms with E-state index in [1.807, 2.05) is 51.5 Å². The summed E-state index contributed by atoms with van der Waals surface area (Å²) in [6.45, 7) is 3.01. The molecule has 0 fully saturated rings. The van der Waals surface area contributed by atoms with Gasteiger partial charge in [-0.3, -0.25) is 4.79 Å². The lowest BCUT2D eigenvalue weighted by Gasteiger charge is -2.16. The average Bonchev–Trinajstić information content (AvgIpc) is 2.83. The Kier molecular flexibility index (Phi) is 4.22. The van der Waals surface area contributed by atoms with Gasteiger partial charge >= 0.3 is 0 Å². The molecule has 4 nitrogen and oxygen atoms in total. The van der Waals surface area contributed by atoms with Crippen molar-refractivity contribution in [3.05, 3.63) is 36.0 Å². The number of carbonyl (C=O) groups excluding carboxylic acids is 1. The number of aromatic nitrogens is 1. The molecule has 1 atom stereocenters. The predicted molar refractivity (Wildman–Crippen MR) is 78.4 cm³/mol. The Bertz CT molecular complexity index is 559. The van der Waals surface area contributed by atoms with Crippen LogP contribution in [-0.2, 0) is 0 Å². The quantitative estimate of drug-likeness (QED) is 0.865. The predicted octanol–water partition coefficient (Wildman–Crippen LogP) is 2.24. The first-order valence-electron chi connectivity index (χ1n) is 6.59. The first kappa shape index (κ1) is 13.6. The van der Waals surface area contributed by atoms with E-state index in [1.54, 1.807) is 0 Å². The molecule has 1 heterocycles. The lowest BCUT2D eigenvalue weighted by atomic mass is 10.1. The molecule has 0 saturated carbocycles. The van der Waals surface area contributed by atoms with Crippen LogP contribution >= 0.6 is 0 Å². The molecule has 2 aromatic rings. The number of fused-ring (bicyclic) bond motifs is 1. The molecule has 0 bridgehead atoms. The maximum atomic E-state index is 12.1. The Morgan fingerprint density at radius 2 is 2.16 bits per heavy atom. The summed E-state index contributed by atoms with van der Waals surface area (Å²) in [7, 11) is 4.07. The second kappa shape index (κ2) is 5.89. The minimum absolute atomic E-state index is 0.00523. The summed E-state index contributed by atoms with van der Waals surface area (Å²) in [5.74, 6) is -0.00523. The van der Waals surface area contributed by atoms with Crippen molar-refractivity contribution < 1.29 is 4.79 Å². The average molecular weight is 259 g/mol. The zero-order chi connectivity index (χ0) is 13.8. The number of aromatic amines is 1. The van der Waals surface area contributed by atoms with Crippen LogP contribution in [0, 0.1) is 0 Å². The number of rotatable bonds is 5. The van der Waals surface area contributed by atoms with Gasteiger partial charge in [-0.25, -0.2) is 0 Å². The molecule has 1 aromatic carbocycles. The molecule has 2 rings (SSSR count). The van der Waals surface area contributed by atoms with Gasteiger partial charge in [-0.1, -0.05) is 0 Å². The highest BCUT2D eigenvalue weighted by Crippen LogP contribution is 2.14. The molecular formula is C15H21N3O. The Morgan fingerprint density at radius 3 is 2.89 bits per heavy atom. The zero-order valence-electron chi connectivity index (χ0n) is 11.7. The van der Waals surface area contributed by atoms with Gasteiger partial charge in [0.05, 0.1) is 0 Å². The number of nitrogens with one attached hydrogen (secondary N) is 2. The molecular weight excluding hydrogens is 238 g/mol. The van der Waals surface area contributed by atoms with Gasteiger partial charge in [0.1, 0.15) is 0 Å². The van der Waals surface area contributed by atoms with Gasteiger partial charge in [-0.15, -0.1) is 0 Å². The molecule has 102 valence electrons. The SMILES string of the molecule is CC(CCN(C)C)NC(=O)c1ccc2[nH]ccc2c1. The van der Waals surface area contributed by atoms with Crippen molar-refractivity contribution in [2.45, 2.75) is 19.4 Å². The summed E-state index contributed by atoms with van der Waals surface area (Å²) < 4.78 is 0. The number of amides is 1. The monoisotopic (exact) mass is 259 g/mol. The van der Waals surface area contributed by atoms with Crippen LogP contribution in [0.1, 0.15) is 23.7 Å². The molecule has 1 amide bonds. The molecule has 4 heteroatoms. The number of benzene rings is 1. The fourth-order valence-corrected chi connectivity index (χ4v) is 2.03. The number of carbonyl (C=O) groups is 1. The molecule has 0 aliphatic carbocycles. The minimum atomic E-state index is -0.00523. The van der Waals surface area contributed by atoms with Crippen molar-refractivity contribution in [1.82, 2.24) is 15.2 Å². The number of hydrogen-bond acceptors (Lipinski definition) is 2. The fourth-order valence-electron chi connectivity index (χ4n) is 2.03. The Hall–Kier alpha value is -1.81. The smallest absolute Gasteiger partial charge is 0.251 e. The molecule has 0 aliphatic heterocycles. The van der Waals surface area contributed by atoms with E-state index in [0.29, 0.717) is 5.56 Å². The topological polar surface area (TPSA) is 48.1 Å². The van der Waals surface area contributed by atoms with Gasteiger partial charge < -0.3 is 15.2 Å². The highest BCUT2D eigenvalue weighted by Gasteiger charge is 2.10. The van der Waals surface area contributed by atoms with Crippen LogP contribution in [0.5, 0.6) is 0 Å².